The van der Waals surface area contributed by atoms with E-state index in [1.165, 1.54) is 5.56 Å². The molecule has 1 aliphatic rings. The molecular weight excluding hydrogens is 252 g/mol. The van der Waals surface area contributed by atoms with E-state index >= 15 is 0 Å². The van der Waals surface area contributed by atoms with Crippen LogP contribution >= 0.6 is 0 Å². The maximum absolute atomic E-state index is 12.0. The van der Waals surface area contributed by atoms with E-state index in [0.29, 0.717) is 5.92 Å². The summed E-state index contributed by atoms with van der Waals surface area (Å²) in [6.07, 6.45) is 0.796. The minimum absolute atomic E-state index is 0.202. The van der Waals surface area contributed by atoms with Crippen LogP contribution in [0.1, 0.15) is 38.7 Å². The van der Waals surface area contributed by atoms with Gasteiger partial charge >= 0.3 is 6.09 Å². The molecule has 2 rings (SSSR count). The number of rotatable bonds is 2. The fourth-order valence-corrected chi connectivity index (χ4v) is 2.45. The lowest BCUT2D eigenvalue weighted by Crippen LogP contribution is -2.35. The van der Waals surface area contributed by atoms with Crippen LogP contribution in [0.2, 0.25) is 0 Å². The molecule has 1 saturated heterocycles. The third-order valence-electron chi connectivity index (χ3n) is 3.51. The molecule has 1 fully saturated rings. The van der Waals surface area contributed by atoms with Crippen LogP contribution in [-0.2, 0) is 4.74 Å². The molecule has 0 bridgehead atoms. The van der Waals surface area contributed by atoms with Gasteiger partial charge in [-0.2, -0.15) is 0 Å². The predicted octanol–water partition coefficient (Wildman–Crippen LogP) is 3.45. The van der Waals surface area contributed by atoms with Gasteiger partial charge < -0.3 is 15.0 Å². The third-order valence-corrected chi connectivity index (χ3v) is 3.51. The van der Waals surface area contributed by atoms with E-state index in [4.69, 9.17) is 4.74 Å². The summed E-state index contributed by atoms with van der Waals surface area (Å²) in [6.45, 7) is 7.21. The first-order chi connectivity index (χ1) is 9.39. The highest BCUT2D eigenvalue weighted by atomic mass is 16.6. The molecule has 0 radical (unpaired) electrons. The van der Waals surface area contributed by atoms with Gasteiger partial charge in [0.2, 0.25) is 0 Å². The van der Waals surface area contributed by atoms with Crippen molar-refractivity contribution < 1.29 is 9.53 Å². The molecule has 1 amide bonds. The Morgan fingerprint density at radius 3 is 2.50 bits per heavy atom. The quantitative estimate of drug-likeness (QED) is 0.899. The summed E-state index contributed by atoms with van der Waals surface area (Å²) in [5, 5.41) is 3.11. The number of carbonyl (C=O) groups is 1. The van der Waals surface area contributed by atoms with Crippen LogP contribution in [0.15, 0.2) is 24.3 Å². The molecule has 0 aliphatic carbocycles. The Bertz CT molecular complexity index is 462. The largest absolute Gasteiger partial charge is 0.444 e. The zero-order valence-corrected chi connectivity index (χ0v) is 12.8. The van der Waals surface area contributed by atoms with Crippen LogP contribution < -0.4 is 5.32 Å². The summed E-state index contributed by atoms with van der Waals surface area (Å²) in [5.74, 6) is 0.411. The fraction of sp³-hybridized carbons (Fsp3) is 0.562. The van der Waals surface area contributed by atoms with Crippen LogP contribution in [-0.4, -0.2) is 36.7 Å². The van der Waals surface area contributed by atoms with Gasteiger partial charge in [-0.15, -0.1) is 0 Å². The van der Waals surface area contributed by atoms with E-state index in [1.54, 1.807) is 0 Å². The van der Waals surface area contributed by atoms with Gasteiger partial charge in [-0.3, -0.25) is 0 Å². The first-order valence-corrected chi connectivity index (χ1v) is 7.14. The Balaban J connectivity index is 1.96. The van der Waals surface area contributed by atoms with Gasteiger partial charge in [0.25, 0.3) is 0 Å². The average molecular weight is 276 g/mol. The summed E-state index contributed by atoms with van der Waals surface area (Å²) < 4.78 is 5.42. The van der Waals surface area contributed by atoms with Crippen molar-refractivity contribution in [3.05, 3.63) is 29.8 Å². The van der Waals surface area contributed by atoms with Crippen molar-refractivity contribution in [3.63, 3.8) is 0 Å². The molecule has 1 unspecified atom stereocenters. The second kappa shape index (κ2) is 5.73. The predicted molar refractivity (Wildman–Crippen MR) is 81.2 cm³/mol. The van der Waals surface area contributed by atoms with Crippen molar-refractivity contribution in [2.45, 2.75) is 38.7 Å². The Morgan fingerprint density at radius 2 is 1.95 bits per heavy atom. The van der Waals surface area contributed by atoms with Crippen molar-refractivity contribution >= 4 is 11.8 Å². The molecule has 1 aliphatic heterocycles. The molecule has 1 aromatic rings. The lowest BCUT2D eigenvalue weighted by molar-refractivity contribution is 0.0292. The van der Waals surface area contributed by atoms with Gasteiger partial charge in [0.1, 0.15) is 5.60 Å². The highest BCUT2D eigenvalue weighted by Crippen LogP contribution is 2.28. The molecule has 0 saturated carbocycles. The van der Waals surface area contributed by atoms with E-state index in [0.717, 1.165) is 25.2 Å². The zero-order valence-electron chi connectivity index (χ0n) is 12.8. The number of ether oxygens (including phenoxy) is 1. The van der Waals surface area contributed by atoms with Crippen molar-refractivity contribution in [1.82, 2.24) is 4.90 Å². The highest BCUT2D eigenvalue weighted by Gasteiger charge is 2.30. The van der Waals surface area contributed by atoms with E-state index in [1.807, 2.05) is 32.7 Å². The van der Waals surface area contributed by atoms with E-state index in [9.17, 15) is 4.79 Å². The molecular formula is C16H24N2O2. The fourth-order valence-electron chi connectivity index (χ4n) is 2.45. The second-order valence-corrected chi connectivity index (χ2v) is 6.28. The van der Waals surface area contributed by atoms with E-state index in [-0.39, 0.29) is 6.09 Å². The number of benzene rings is 1. The molecule has 0 spiro atoms. The second-order valence-electron chi connectivity index (χ2n) is 6.28. The summed E-state index contributed by atoms with van der Waals surface area (Å²) in [6, 6.07) is 8.42. The Hall–Kier alpha value is -1.71. The molecule has 1 atom stereocenters. The zero-order chi connectivity index (χ0) is 14.8. The number of amides is 1. The number of nitrogens with one attached hydrogen (secondary N) is 1. The van der Waals surface area contributed by atoms with Gasteiger partial charge in [0, 0.05) is 31.7 Å². The van der Waals surface area contributed by atoms with Crippen molar-refractivity contribution in [1.29, 1.82) is 0 Å². The Morgan fingerprint density at radius 1 is 1.30 bits per heavy atom. The summed E-state index contributed by atoms with van der Waals surface area (Å²) >= 11 is 0. The number of hydrogen-bond acceptors (Lipinski definition) is 3. The summed E-state index contributed by atoms with van der Waals surface area (Å²) in [4.78, 5) is 13.8. The van der Waals surface area contributed by atoms with Gasteiger partial charge in [0.15, 0.2) is 0 Å². The smallest absolute Gasteiger partial charge is 0.410 e. The first kappa shape index (κ1) is 14.7. The van der Waals surface area contributed by atoms with Gasteiger partial charge in [-0.1, -0.05) is 12.1 Å². The van der Waals surface area contributed by atoms with E-state index < -0.39 is 5.60 Å². The van der Waals surface area contributed by atoms with Crippen LogP contribution in [0.5, 0.6) is 0 Å². The third kappa shape index (κ3) is 3.65. The molecule has 1 heterocycles. The Kier molecular flexibility index (Phi) is 4.21. The number of nitrogens with zero attached hydrogens (tertiary/aromatic N) is 1. The van der Waals surface area contributed by atoms with Crippen molar-refractivity contribution in [2.75, 3.05) is 25.5 Å². The lowest BCUT2D eigenvalue weighted by atomic mass is 9.98. The number of anilines is 1. The topological polar surface area (TPSA) is 41.6 Å². The number of likely N-dealkylation sites (tertiary alicyclic amines) is 1. The minimum atomic E-state index is -0.427. The first-order valence-electron chi connectivity index (χ1n) is 7.14. The van der Waals surface area contributed by atoms with Gasteiger partial charge in [0.05, 0.1) is 0 Å². The van der Waals surface area contributed by atoms with Crippen LogP contribution in [0.4, 0.5) is 10.5 Å². The number of carbonyl (C=O) groups excluding carboxylic acids is 1. The van der Waals surface area contributed by atoms with Gasteiger partial charge in [-0.05, 0) is 44.9 Å². The molecule has 110 valence electrons. The average Bonchev–Trinajstić information content (AvgIpc) is 2.86. The normalized spacial score (nSPS) is 19.0. The molecule has 20 heavy (non-hydrogen) atoms. The molecule has 4 nitrogen and oxygen atoms in total. The van der Waals surface area contributed by atoms with E-state index in [2.05, 4.69) is 29.6 Å². The standard InChI is InChI=1S/C16H24N2O2/c1-16(2,3)20-15(19)18-10-9-13(11-18)12-5-7-14(17-4)8-6-12/h5-8,13,17H,9-11H2,1-4H3. The summed E-state index contributed by atoms with van der Waals surface area (Å²) in [7, 11) is 1.91. The maximum Gasteiger partial charge on any atom is 0.410 e. The number of hydrogen-bond donors (Lipinski definition) is 1. The van der Waals surface area contributed by atoms with Crippen LogP contribution in [0, 0.1) is 0 Å². The SMILES string of the molecule is CNc1ccc(C2CCN(C(=O)OC(C)(C)C)C2)cc1. The van der Waals surface area contributed by atoms with Crippen molar-refractivity contribution in [3.8, 4) is 0 Å². The highest BCUT2D eigenvalue weighted by molar-refractivity contribution is 5.68. The summed E-state index contributed by atoms with van der Waals surface area (Å²) in [5.41, 5.74) is 1.97. The van der Waals surface area contributed by atoms with Gasteiger partial charge in [-0.25, -0.2) is 4.79 Å². The Labute approximate surface area is 121 Å². The molecule has 0 aromatic heterocycles. The minimum Gasteiger partial charge on any atom is -0.444 e. The maximum atomic E-state index is 12.0. The van der Waals surface area contributed by atoms with Crippen molar-refractivity contribution in [2.24, 2.45) is 0 Å². The molecule has 4 heteroatoms. The monoisotopic (exact) mass is 276 g/mol. The molecule has 1 N–H and O–H groups in total. The van der Waals surface area contributed by atoms with Crippen LogP contribution in [0.3, 0.4) is 0 Å². The van der Waals surface area contributed by atoms with Crippen LogP contribution in [0.25, 0.3) is 0 Å². The molecule has 1 aromatic carbocycles. The lowest BCUT2D eigenvalue weighted by Gasteiger charge is -2.24.